The van der Waals surface area contributed by atoms with Crippen LogP contribution in [0.4, 0.5) is 0 Å². The lowest BCUT2D eigenvalue weighted by atomic mass is 9.87. The predicted octanol–water partition coefficient (Wildman–Crippen LogP) is 1.73. The Morgan fingerprint density at radius 1 is 0.957 bits per heavy atom. The number of hydrogen-bond acceptors (Lipinski definition) is 5. The molecule has 6 nitrogen and oxygen atoms in total. The molecular weight excluding hydrogens is 300 g/mol. The molecule has 4 bridgehead atoms. The van der Waals surface area contributed by atoms with Gasteiger partial charge in [0.05, 0.1) is 23.3 Å². The minimum atomic E-state index is -1.15. The number of rotatable bonds is 3. The number of benzene rings is 1. The molecule has 7 atom stereocenters. The topological polar surface area (TPSA) is 82.1 Å². The molecule has 0 aromatic heterocycles. The van der Waals surface area contributed by atoms with Crippen LogP contribution in [0.15, 0.2) is 24.3 Å². The lowest BCUT2D eigenvalue weighted by Gasteiger charge is -2.38. The standard InChI is InChI=1S/C17H18O6/c1-7-11-8(2)13-15(14(21-11)12(7)22-13)23-17(20)10-6-4-3-5-9(10)16(18)19/h3-8,11-15H,1-2H3,(H,18,19)/t7?,8?,11-,12-,13+,14+,15+/m0/s1. The van der Waals surface area contributed by atoms with Gasteiger partial charge >= 0.3 is 11.9 Å². The minimum absolute atomic E-state index is 0.0475. The van der Waals surface area contributed by atoms with Gasteiger partial charge in [0.2, 0.25) is 0 Å². The fourth-order valence-corrected chi connectivity index (χ4v) is 4.16. The average Bonchev–Trinajstić information content (AvgIpc) is 2.96. The molecule has 1 aromatic carbocycles. The summed E-state index contributed by atoms with van der Waals surface area (Å²) in [7, 11) is 0. The predicted molar refractivity (Wildman–Crippen MR) is 78.3 cm³/mol. The highest BCUT2D eigenvalue weighted by Crippen LogP contribution is 2.50. The second-order valence-electron chi connectivity index (χ2n) is 6.57. The largest absolute Gasteiger partial charge is 0.478 e. The van der Waals surface area contributed by atoms with Crippen LogP contribution < -0.4 is 0 Å². The van der Waals surface area contributed by atoms with Crippen molar-refractivity contribution in [3.05, 3.63) is 35.4 Å². The third kappa shape index (κ3) is 2.01. The van der Waals surface area contributed by atoms with E-state index < -0.39 is 18.0 Å². The smallest absolute Gasteiger partial charge is 0.339 e. The molecule has 4 aliphatic heterocycles. The van der Waals surface area contributed by atoms with Gasteiger partial charge in [-0.2, -0.15) is 0 Å². The molecular formula is C17H18O6. The van der Waals surface area contributed by atoms with Crippen LogP contribution in [0.3, 0.4) is 0 Å². The van der Waals surface area contributed by atoms with E-state index in [0.29, 0.717) is 0 Å². The molecule has 0 spiro atoms. The quantitative estimate of drug-likeness (QED) is 0.855. The van der Waals surface area contributed by atoms with Gasteiger partial charge in [0.1, 0.15) is 12.2 Å². The molecule has 0 amide bonds. The van der Waals surface area contributed by atoms with Gasteiger partial charge in [0, 0.05) is 11.8 Å². The first-order chi connectivity index (χ1) is 11.0. The van der Waals surface area contributed by atoms with Crippen LogP contribution in [-0.2, 0) is 14.2 Å². The third-order valence-electron chi connectivity index (χ3n) is 5.29. The molecule has 122 valence electrons. The van der Waals surface area contributed by atoms with Crippen LogP contribution in [0.1, 0.15) is 34.6 Å². The molecule has 5 rings (SSSR count). The Morgan fingerprint density at radius 3 is 2.26 bits per heavy atom. The molecule has 4 heterocycles. The maximum absolute atomic E-state index is 12.5. The van der Waals surface area contributed by atoms with Crippen molar-refractivity contribution in [1.29, 1.82) is 0 Å². The van der Waals surface area contributed by atoms with E-state index in [1.54, 1.807) is 12.1 Å². The van der Waals surface area contributed by atoms with Gasteiger partial charge < -0.3 is 19.3 Å². The summed E-state index contributed by atoms with van der Waals surface area (Å²) in [5.74, 6) is -1.37. The Balaban J connectivity index is 1.58. The van der Waals surface area contributed by atoms with E-state index in [9.17, 15) is 14.7 Å². The fraction of sp³-hybridized carbons (Fsp3) is 0.529. The van der Waals surface area contributed by atoms with Crippen molar-refractivity contribution in [2.75, 3.05) is 0 Å². The minimum Gasteiger partial charge on any atom is -0.478 e. The summed E-state index contributed by atoms with van der Waals surface area (Å²) in [5, 5.41) is 9.21. The van der Waals surface area contributed by atoms with Crippen molar-refractivity contribution in [1.82, 2.24) is 0 Å². The van der Waals surface area contributed by atoms with E-state index in [-0.39, 0.29) is 47.4 Å². The molecule has 4 aliphatic rings. The summed E-state index contributed by atoms with van der Waals surface area (Å²) in [4.78, 5) is 23.7. The highest BCUT2D eigenvalue weighted by molar-refractivity contribution is 6.02. The second-order valence-corrected chi connectivity index (χ2v) is 6.57. The third-order valence-corrected chi connectivity index (χ3v) is 5.29. The van der Waals surface area contributed by atoms with Crippen LogP contribution >= 0.6 is 0 Å². The molecule has 0 radical (unpaired) electrons. The van der Waals surface area contributed by atoms with E-state index in [1.165, 1.54) is 12.1 Å². The van der Waals surface area contributed by atoms with E-state index >= 15 is 0 Å². The zero-order valence-corrected chi connectivity index (χ0v) is 12.8. The summed E-state index contributed by atoms with van der Waals surface area (Å²) >= 11 is 0. The summed E-state index contributed by atoms with van der Waals surface area (Å²) in [6, 6.07) is 6.05. The van der Waals surface area contributed by atoms with Gasteiger partial charge in [-0.05, 0) is 12.1 Å². The van der Waals surface area contributed by atoms with Gasteiger partial charge in [-0.25, -0.2) is 9.59 Å². The SMILES string of the molecule is CC1[C@H]2O[C@H]3[C@H](OC(=O)c4ccccc4C(=O)O)[C@@H]1O[C@H]3C2C. The summed E-state index contributed by atoms with van der Waals surface area (Å²) in [6.07, 6.45) is -0.817. The number of carbonyl (C=O) groups is 2. The molecule has 4 saturated heterocycles. The van der Waals surface area contributed by atoms with Crippen molar-refractivity contribution in [2.45, 2.75) is 44.4 Å². The Labute approximate surface area is 133 Å². The monoisotopic (exact) mass is 318 g/mol. The normalized spacial score (nSPS) is 40.3. The van der Waals surface area contributed by atoms with Crippen molar-refractivity contribution in [3.8, 4) is 0 Å². The van der Waals surface area contributed by atoms with Crippen LogP contribution in [0.2, 0.25) is 0 Å². The summed E-state index contributed by atoms with van der Waals surface area (Å²) in [5.41, 5.74) is -0.00812. The second kappa shape index (κ2) is 5.04. The Bertz CT molecular complexity index is 667. The van der Waals surface area contributed by atoms with E-state index in [4.69, 9.17) is 14.2 Å². The lowest BCUT2D eigenvalue weighted by Crippen LogP contribution is -2.49. The molecule has 23 heavy (non-hydrogen) atoms. The van der Waals surface area contributed by atoms with Crippen molar-refractivity contribution >= 4 is 11.9 Å². The average molecular weight is 318 g/mol. The van der Waals surface area contributed by atoms with Gasteiger partial charge in [-0.3, -0.25) is 0 Å². The molecule has 1 aromatic rings. The van der Waals surface area contributed by atoms with Gasteiger partial charge in [-0.1, -0.05) is 26.0 Å². The molecule has 0 saturated carbocycles. The van der Waals surface area contributed by atoms with Crippen LogP contribution in [0.5, 0.6) is 0 Å². The van der Waals surface area contributed by atoms with Crippen LogP contribution in [-0.4, -0.2) is 47.6 Å². The van der Waals surface area contributed by atoms with Crippen molar-refractivity contribution in [2.24, 2.45) is 11.8 Å². The van der Waals surface area contributed by atoms with E-state index in [1.807, 2.05) is 6.92 Å². The van der Waals surface area contributed by atoms with Crippen LogP contribution in [0, 0.1) is 11.8 Å². The zero-order chi connectivity index (χ0) is 16.3. The highest BCUT2D eigenvalue weighted by Gasteiger charge is 2.65. The Morgan fingerprint density at radius 2 is 1.57 bits per heavy atom. The molecule has 0 aliphatic carbocycles. The van der Waals surface area contributed by atoms with Crippen molar-refractivity contribution in [3.63, 3.8) is 0 Å². The highest BCUT2D eigenvalue weighted by atomic mass is 16.6. The molecule has 6 heteroatoms. The zero-order valence-electron chi connectivity index (χ0n) is 12.8. The van der Waals surface area contributed by atoms with Gasteiger partial charge in [0.25, 0.3) is 0 Å². The number of hydrogen-bond donors (Lipinski definition) is 1. The van der Waals surface area contributed by atoms with Gasteiger partial charge in [0.15, 0.2) is 6.10 Å². The number of aromatic carboxylic acids is 1. The number of carboxylic acids is 1. The molecule has 2 unspecified atom stereocenters. The summed E-state index contributed by atoms with van der Waals surface area (Å²) in [6.45, 7) is 4.13. The summed E-state index contributed by atoms with van der Waals surface area (Å²) < 4.78 is 17.6. The Hall–Kier alpha value is -1.92. The molecule has 1 N–H and O–H groups in total. The molecule has 4 fully saturated rings. The van der Waals surface area contributed by atoms with E-state index in [2.05, 4.69) is 6.92 Å². The Kier molecular flexibility index (Phi) is 3.21. The number of esters is 1. The number of carboxylic acid groups (broad SMARTS) is 1. The number of ether oxygens (including phenoxy) is 3. The lowest BCUT2D eigenvalue weighted by molar-refractivity contribution is -0.152. The van der Waals surface area contributed by atoms with Gasteiger partial charge in [-0.15, -0.1) is 0 Å². The maximum atomic E-state index is 12.5. The van der Waals surface area contributed by atoms with Crippen LogP contribution in [0.25, 0.3) is 0 Å². The first-order valence-electron chi connectivity index (χ1n) is 7.83. The fourth-order valence-electron chi connectivity index (χ4n) is 4.16. The van der Waals surface area contributed by atoms with E-state index in [0.717, 1.165) is 0 Å². The first kappa shape index (κ1) is 14.7. The van der Waals surface area contributed by atoms with Crippen molar-refractivity contribution < 1.29 is 28.9 Å². The number of carbonyl (C=O) groups excluding carboxylic acids is 1. The first-order valence-corrected chi connectivity index (χ1v) is 7.83. The maximum Gasteiger partial charge on any atom is 0.339 e.